The second kappa shape index (κ2) is 4.29. The first-order valence-corrected chi connectivity index (χ1v) is 3.75. The summed E-state index contributed by atoms with van der Waals surface area (Å²) in [5.74, 6) is 0. The predicted molar refractivity (Wildman–Crippen MR) is 52.6 cm³/mol. The number of allylic oxidation sites excluding steroid dienone is 4. The van der Waals surface area contributed by atoms with Crippen molar-refractivity contribution in [3.63, 3.8) is 0 Å². The van der Waals surface area contributed by atoms with Crippen molar-refractivity contribution in [2.75, 3.05) is 0 Å². The topological polar surface area (TPSA) is 12.9 Å². The highest BCUT2D eigenvalue weighted by atomic mass is 14.7. The molecule has 0 fully saturated rings. The van der Waals surface area contributed by atoms with Crippen LogP contribution in [0.1, 0.15) is 5.69 Å². The molecule has 0 bridgehead atoms. The summed E-state index contributed by atoms with van der Waals surface area (Å²) >= 11 is 0. The molecular formula is C11H11N. The van der Waals surface area contributed by atoms with Crippen molar-refractivity contribution in [2.24, 2.45) is 0 Å². The van der Waals surface area contributed by atoms with Crippen molar-refractivity contribution >= 4 is 5.57 Å². The molecule has 0 amide bonds. The Kier molecular flexibility index (Phi) is 3.03. The van der Waals surface area contributed by atoms with Crippen molar-refractivity contribution in [2.45, 2.75) is 0 Å². The minimum atomic E-state index is 0.924. The zero-order valence-corrected chi connectivity index (χ0v) is 6.90. The number of aromatic nitrogens is 1. The number of hydrogen-bond donors (Lipinski definition) is 0. The molecule has 0 aliphatic rings. The predicted octanol–water partition coefficient (Wildman–Crippen LogP) is 2.84. The molecule has 1 heterocycles. The number of rotatable bonds is 3. The molecule has 0 atom stereocenters. The fourth-order valence-electron chi connectivity index (χ4n) is 0.918. The smallest absolute Gasteiger partial charge is 0.0701 e. The zero-order chi connectivity index (χ0) is 8.81. The van der Waals surface area contributed by atoms with Gasteiger partial charge in [-0.3, -0.25) is 4.98 Å². The van der Waals surface area contributed by atoms with Crippen LogP contribution in [0.25, 0.3) is 5.57 Å². The van der Waals surface area contributed by atoms with E-state index in [0.717, 1.165) is 11.3 Å². The highest BCUT2D eigenvalue weighted by Gasteiger charge is 1.94. The van der Waals surface area contributed by atoms with E-state index in [0.29, 0.717) is 0 Å². The number of nitrogens with zero attached hydrogens (tertiary/aromatic N) is 1. The quantitative estimate of drug-likeness (QED) is 0.615. The summed E-state index contributed by atoms with van der Waals surface area (Å²) in [6, 6.07) is 5.78. The van der Waals surface area contributed by atoms with Crippen LogP contribution in [0, 0.1) is 0 Å². The third kappa shape index (κ3) is 1.92. The molecule has 0 aliphatic carbocycles. The molecule has 0 aromatic carbocycles. The first-order valence-electron chi connectivity index (χ1n) is 3.75. The molecule has 0 saturated carbocycles. The van der Waals surface area contributed by atoms with Gasteiger partial charge in [0.2, 0.25) is 0 Å². The maximum absolute atomic E-state index is 4.18. The van der Waals surface area contributed by atoms with E-state index in [1.807, 2.05) is 24.3 Å². The third-order valence-corrected chi connectivity index (χ3v) is 1.48. The molecule has 0 aliphatic heterocycles. The summed E-state index contributed by atoms with van der Waals surface area (Å²) < 4.78 is 0. The summed E-state index contributed by atoms with van der Waals surface area (Å²) in [5.41, 5.74) is 1.91. The van der Waals surface area contributed by atoms with Crippen molar-refractivity contribution in [3.05, 3.63) is 61.5 Å². The highest BCUT2D eigenvalue weighted by molar-refractivity contribution is 5.72. The van der Waals surface area contributed by atoms with Gasteiger partial charge in [0.25, 0.3) is 0 Å². The van der Waals surface area contributed by atoms with E-state index in [1.165, 1.54) is 0 Å². The molecule has 0 radical (unpaired) electrons. The van der Waals surface area contributed by atoms with Gasteiger partial charge in [-0.2, -0.15) is 0 Å². The Morgan fingerprint density at radius 1 is 1.33 bits per heavy atom. The molecule has 0 N–H and O–H groups in total. The highest BCUT2D eigenvalue weighted by Crippen LogP contribution is 2.11. The summed E-state index contributed by atoms with van der Waals surface area (Å²) in [6.45, 7) is 7.32. The lowest BCUT2D eigenvalue weighted by Gasteiger charge is -1.97. The molecule has 0 spiro atoms. The maximum atomic E-state index is 4.18. The van der Waals surface area contributed by atoms with Crippen LogP contribution >= 0.6 is 0 Å². The summed E-state index contributed by atoms with van der Waals surface area (Å²) in [7, 11) is 0. The molecular weight excluding hydrogens is 146 g/mol. The fourth-order valence-corrected chi connectivity index (χ4v) is 0.918. The van der Waals surface area contributed by atoms with Gasteiger partial charge >= 0.3 is 0 Å². The largest absolute Gasteiger partial charge is 0.256 e. The van der Waals surface area contributed by atoms with Gasteiger partial charge in [-0.15, -0.1) is 0 Å². The van der Waals surface area contributed by atoms with E-state index in [2.05, 4.69) is 18.1 Å². The van der Waals surface area contributed by atoms with Crippen LogP contribution in [-0.4, -0.2) is 4.98 Å². The Hall–Kier alpha value is -1.63. The average molecular weight is 157 g/mol. The summed E-state index contributed by atoms with van der Waals surface area (Å²) in [4.78, 5) is 4.18. The Morgan fingerprint density at radius 2 is 2.17 bits per heavy atom. The van der Waals surface area contributed by atoms with Crippen LogP contribution in [0.15, 0.2) is 55.8 Å². The maximum Gasteiger partial charge on any atom is 0.0701 e. The van der Waals surface area contributed by atoms with Crippen LogP contribution in [0.5, 0.6) is 0 Å². The Balaban J connectivity index is 3.03. The Morgan fingerprint density at radius 3 is 2.67 bits per heavy atom. The van der Waals surface area contributed by atoms with E-state index >= 15 is 0 Å². The minimum absolute atomic E-state index is 0.924. The summed E-state index contributed by atoms with van der Waals surface area (Å²) in [5, 5.41) is 0. The van der Waals surface area contributed by atoms with Crippen LogP contribution in [0.3, 0.4) is 0 Å². The van der Waals surface area contributed by atoms with Crippen LogP contribution < -0.4 is 0 Å². The van der Waals surface area contributed by atoms with Gasteiger partial charge in [-0.25, -0.2) is 0 Å². The number of pyridine rings is 1. The van der Waals surface area contributed by atoms with Gasteiger partial charge in [-0.05, 0) is 17.7 Å². The van der Waals surface area contributed by atoms with Gasteiger partial charge in [-0.1, -0.05) is 37.5 Å². The average Bonchev–Trinajstić information content (AvgIpc) is 2.15. The molecule has 1 nitrogen and oxygen atoms in total. The SMILES string of the molecule is C=C/C=C(\C=C)c1ccccn1. The fraction of sp³-hybridized carbons (Fsp3) is 0. The summed E-state index contributed by atoms with van der Waals surface area (Å²) in [6.07, 6.45) is 7.14. The van der Waals surface area contributed by atoms with Crippen LogP contribution in [0.4, 0.5) is 0 Å². The van der Waals surface area contributed by atoms with Gasteiger partial charge in [0.15, 0.2) is 0 Å². The zero-order valence-electron chi connectivity index (χ0n) is 6.90. The minimum Gasteiger partial charge on any atom is -0.256 e. The first kappa shape index (κ1) is 8.47. The molecule has 0 saturated heterocycles. The van der Waals surface area contributed by atoms with Gasteiger partial charge in [0.1, 0.15) is 0 Å². The lowest BCUT2D eigenvalue weighted by molar-refractivity contribution is 1.28. The van der Waals surface area contributed by atoms with Crippen LogP contribution in [0.2, 0.25) is 0 Å². The molecule has 1 aromatic rings. The monoisotopic (exact) mass is 157 g/mol. The second-order valence-electron chi connectivity index (χ2n) is 2.28. The Bertz CT molecular complexity index is 296. The van der Waals surface area contributed by atoms with Gasteiger partial charge < -0.3 is 0 Å². The lowest BCUT2D eigenvalue weighted by atomic mass is 10.1. The van der Waals surface area contributed by atoms with E-state index < -0.39 is 0 Å². The van der Waals surface area contributed by atoms with Crippen LogP contribution in [-0.2, 0) is 0 Å². The van der Waals surface area contributed by atoms with Crippen molar-refractivity contribution in [1.82, 2.24) is 4.98 Å². The van der Waals surface area contributed by atoms with E-state index in [4.69, 9.17) is 0 Å². The van der Waals surface area contributed by atoms with E-state index in [9.17, 15) is 0 Å². The lowest BCUT2D eigenvalue weighted by Crippen LogP contribution is -1.83. The molecule has 1 heteroatoms. The van der Waals surface area contributed by atoms with Gasteiger partial charge in [0, 0.05) is 6.20 Å². The van der Waals surface area contributed by atoms with Gasteiger partial charge in [0.05, 0.1) is 5.69 Å². The van der Waals surface area contributed by atoms with E-state index in [-0.39, 0.29) is 0 Å². The third-order valence-electron chi connectivity index (χ3n) is 1.48. The standard InChI is InChI=1S/C11H11N/c1-3-7-10(4-2)11-8-5-6-9-12-11/h3-9H,1-2H2/b10-7+. The normalized spacial score (nSPS) is 10.8. The Labute approximate surface area is 72.8 Å². The molecule has 1 aromatic heterocycles. The van der Waals surface area contributed by atoms with Crippen molar-refractivity contribution < 1.29 is 0 Å². The molecule has 0 unspecified atom stereocenters. The second-order valence-corrected chi connectivity index (χ2v) is 2.28. The molecule has 12 heavy (non-hydrogen) atoms. The molecule has 60 valence electrons. The molecule has 1 rings (SSSR count). The van der Waals surface area contributed by atoms with Crippen molar-refractivity contribution in [3.8, 4) is 0 Å². The number of hydrogen-bond acceptors (Lipinski definition) is 1. The first-order chi connectivity index (χ1) is 5.88. The van der Waals surface area contributed by atoms with E-state index in [1.54, 1.807) is 18.3 Å². The van der Waals surface area contributed by atoms with Crippen molar-refractivity contribution in [1.29, 1.82) is 0 Å².